The van der Waals surface area contributed by atoms with Crippen molar-refractivity contribution in [3.05, 3.63) is 72.6 Å². The molecule has 7 heteroatoms. The Balaban J connectivity index is 1.78. The molecule has 0 radical (unpaired) electrons. The number of rotatable bonds is 8. The van der Waals surface area contributed by atoms with Crippen molar-refractivity contribution in [2.24, 2.45) is 0 Å². The molecule has 27 heavy (non-hydrogen) atoms. The van der Waals surface area contributed by atoms with E-state index in [-0.39, 0.29) is 12.2 Å². The lowest BCUT2D eigenvalue weighted by Crippen LogP contribution is -2.40. The summed E-state index contributed by atoms with van der Waals surface area (Å²) in [4.78, 5) is 25.5. The molecule has 0 saturated carbocycles. The second kappa shape index (κ2) is 10.1. The summed E-state index contributed by atoms with van der Waals surface area (Å²) in [5.41, 5.74) is 1.00. The molecule has 2 N–H and O–H groups in total. The van der Waals surface area contributed by atoms with Crippen LogP contribution in [0.4, 0.5) is 14.9 Å². The fraction of sp³-hybridized carbons (Fsp3) is 0.200. The Kier molecular flexibility index (Phi) is 7.51. The lowest BCUT2D eigenvalue weighted by molar-refractivity contribution is -0.120. The van der Waals surface area contributed by atoms with E-state index in [1.165, 1.54) is 18.2 Å². The average molecular weight is 371 g/mol. The van der Waals surface area contributed by atoms with Gasteiger partial charge in [0, 0.05) is 6.54 Å². The predicted molar refractivity (Wildman–Crippen MR) is 102 cm³/mol. The highest BCUT2D eigenvalue weighted by Crippen LogP contribution is 2.13. The zero-order valence-corrected chi connectivity index (χ0v) is 15.1. The molecule has 0 aliphatic heterocycles. The number of para-hydroxylation sites is 1. The quantitative estimate of drug-likeness (QED) is 0.700. The largest absolute Gasteiger partial charge is 0.490 e. The molecule has 0 saturated heterocycles. The highest BCUT2D eigenvalue weighted by Gasteiger charge is 2.12. The minimum Gasteiger partial charge on any atom is -0.490 e. The van der Waals surface area contributed by atoms with Crippen LogP contribution in [0.15, 0.2) is 61.2 Å². The number of imide groups is 1. The van der Waals surface area contributed by atoms with E-state index in [1.54, 1.807) is 24.1 Å². The minimum absolute atomic E-state index is 0.00918. The summed E-state index contributed by atoms with van der Waals surface area (Å²) >= 11 is 0. The van der Waals surface area contributed by atoms with Gasteiger partial charge in [-0.15, -0.1) is 0 Å². The highest BCUT2D eigenvalue weighted by molar-refractivity contribution is 6.01. The molecule has 142 valence electrons. The van der Waals surface area contributed by atoms with Crippen LogP contribution in [0.1, 0.15) is 5.56 Å². The van der Waals surface area contributed by atoms with Crippen LogP contribution < -0.4 is 15.4 Å². The van der Waals surface area contributed by atoms with Crippen LogP contribution in [0, 0.1) is 5.82 Å². The van der Waals surface area contributed by atoms with Gasteiger partial charge in [0.15, 0.2) is 0 Å². The minimum atomic E-state index is -0.776. The van der Waals surface area contributed by atoms with Gasteiger partial charge in [0.25, 0.3) is 0 Å². The number of carbonyl (C=O) groups is 2. The molecule has 6 nitrogen and oxygen atoms in total. The summed E-state index contributed by atoms with van der Waals surface area (Å²) in [6.45, 7) is 4.56. The van der Waals surface area contributed by atoms with Crippen LogP contribution >= 0.6 is 0 Å². The lowest BCUT2D eigenvalue weighted by Gasteiger charge is -2.16. The smallest absolute Gasteiger partial charge is 0.326 e. The van der Waals surface area contributed by atoms with Crippen LogP contribution in [0.5, 0.6) is 5.75 Å². The van der Waals surface area contributed by atoms with Gasteiger partial charge in [0.05, 0.1) is 12.2 Å². The molecular weight excluding hydrogens is 349 g/mol. The molecule has 0 aliphatic rings. The Bertz CT molecular complexity index is 793. The first-order valence-corrected chi connectivity index (χ1v) is 8.34. The molecule has 3 amide bonds. The zero-order valence-electron chi connectivity index (χ0n) is 15.1. The van der Waals surface area contributed by atoms with Gasteiger partial charge in [-0.1, -0.05) is 36.9 Å². The Morgan fingerprint density at radius 1 is 1.19 bits per heavy atom. The first-order chi connectivity index (χ1) is 13.0. The SMILES string of the molecule is C=CCOc1ccc(CN(C)CC(=O)NC(=O)Nc2ccccc2F)cc1. The lowest BCUT2D eigenvalue weighted by atomic mass is 10.2. The Morgan fingerprint density at radius 2 is 1.89 bits per heavy atom. The van der Waals surface area contributed by atoms with Gasteiger partial charge < -0.3 is 10.1 Å². The van der Waals surface area contributed by atoms with Gasteiger partial charge >= 0.3 is 6.03 Å². The number of hydrogen-bond acceptors (Lipinski definition) is 4. The zero-order chi connectivity index (χ0) is 19.6. The normalized spacial score (nSPS) is 10.3. The number of urea groups is 1. The number of amides is 3. The number of carbonyl (C=O) groups excluding carboxylic acids is 2. The first kappa shape index (κ1) is 20.1. The second-order valence-corrected chi connectivity index (χ2v) is 5.90. The number of anilines is 1. The molecule has 0 spiro atoms. The first-order valence-electron chi connectivity index (χ1n) is 8.34. The van der Waals surface area contributed by atoms with Crippen molar-refractivity contribution in [2.75, 3.05) is 25.5 Å². The third-order valence-electron chi connectivity index (χ3n) is 3.53. The van der Waals surface area contributed by atoms with E-state index in [2.05, 4.69) is 17.2 Å². The molecule has 0 aliphatic carbocycles. The topological polar surface area (TPSA) is 70.7 Å². The van der Waals surface area contributed by atoms with E-state index >= 15 is 0 Å². The average Bonchev–Trinajstić information content (AvgIpc) is 2.62. The summed E-state index contributed by atoms with van der Waals surface area (Å²) in [5.74, 6) is -0.320. The highest BCUT2D eigenvalue weighted by atomic mass is 19.1. The third-order valence-corrected chi connectivity index (χ3v) is 3.53. The number of likely N-dealkylation sites (N-methyl/N-ethyl adjacent to an activating group) is 1. The summed E-state index contributed by atoms with van der Waals surface area (Å²) in [6.07, 6.45) is 1.67. The van der Waals surface area contributed by atoms with E-state index in [9.17, 15) is 14.0 Å². The number of benzene rings is 2. The van der Waals surface area contributed by atoms with E-state index in [1.807, 2.05) is 24.3 Å². The van der Waals surface area contributed by atoms with Gasteiger partial charge in [-0.25, -0.2) is 9.18 Å². The number of nitrogens with one attached hydrogen (secondary N) is 2. The Labute approximate surface area is 157 Å². The Morgan fingerprint density at radius 3 is 2.56 bits per heavy atom. The molecule has 2 rings (SSSR count). The fourth-order valence-electron chi connectivity index (χ4n) is 2.34. The molecular formula is C20H22FN3O3. The summed E-state index contributed by atoms with van der Waals surface area (Å²) < 4.78 is 18.9. The van der Waals surface area contributed by atoms with Crippen LogP contribution in [0.25, 0.3) is 0 Å². The van der Waals surface area contributed by atoms with Crippen LogP contribution in [0.3, 0.4) is 0 Å². The number of ether oxygens (including phenoxy) is 1. The van der Waals surface area contributed by atoms with Gasteiger partial charge in [0.1, 0.15) is 18.2 Å². The van der Waals surface area contributed by atoms with Crippen molar-refractivity contribution in [1.82, 2.24) is 10.2 Å². The maximum Gasteiger partial charge on any atom is 0.326 e. The molecule has 0 bridgehead atoms. The van der Waals surface area contributed by atoms with Crippen LogP contribution in [-0.2, 0) is 11.3 Å². The summed E-state index contributed by atoms with van der Waals surface area (Å²) in [6, 6.07) is 12.4. The van der Waals surface area contributed by atoms with Crippen molar-refractivity contribution in [3.8, 4) is 5.75 Å². The number of hydrogen-bond donors (Lipinski definition) is 2. The molecule has 0 heterocycles. The molecule has 2 aromatic rings. The predicted octanol–water partition coefficient (Wildman–Crippen LogP) is 3.17. The Hall–Kier alpha value is -3.19. The van der Waals surface area contributed by atoms with Gasteiger partial charge in [-0.05, 0) is 36.9 Å². The van der Waals surface area contributed by atoms with E-state index in [4.69, 9.17) is 4.74 Å². The van der Waals surface area contributed by atoms with Gasteiger partial charge in [-0.3, -0.25) is 15.0 Å². The maximum absolute atomic E-state index is 13.5. The summed E-state index contributed by atoms with van der Waals surface area (Å²) in [5, 5.41) is 4.48. The van der Waals surface area contributed by atoms with Gasteiger partial charge in [-0.2, -0.15) is 0 Å². The van der Waals surface area contributed by atoms with Crippen LogP contribution in [-0.4, -0.2) is 37.0 Å². The van der Waals surface area contributed by atoms with Crippen molar-refractivity contribution in [3.63, 3.8) is 0 Å². The molecule has 2 aromatic carbocycles. The molecule has 0 aromatic heterocycles. The fourth-order valence-corrected chi connectivity index (χ4v) is 2.34. The van der Waals surface area contributed by atoms with Crippen molar-refractivity contribution in [2.45, 2.75) is 6.54 Å². The monoisotopic (exact) mass is 371 g/mol. The molecule has 0 unspecified atom stereocenters. The van der Waals surface area contributed by atoms with E-state index < -0.39 is 17.8 Å². The van der Waals surface area contributed by atoms with Crippen molar-refractivity contribution in [1.29, 1.82) is 0 Å². The standard InChI is InChI=1S/C20H22FN3O3/c1-3-12-27-16-10-8-15(9-11-16)13-24(2)14-19(25)23-20(26)22-18-7-5-4-6-17(18)21/h3-11H,1,12-14H2,2H3,(H2,22,23,25,26). The van der Waals surface area contributed by atoms with E-state index in [0.717, 1.165) is 11.3 Å². The van der Waals surface area contributed by atoms with Crippen molar-refractivity contribution >= 4 is 17.6 Å². The maximum atomic E-state index is 13.5. The number of halogens is 1. The van der Waals surface area contributed by atoms with Gasteiger partial charge in [0.2, 0.25) is 5.91 Å². The van der Waals surface area contributed by atoms with Crippen LogP contribution in [0.2, 0.25) is 0 Å². The number of nitrogens with zero attached hydrogens (tertiary/aromatic N) is 1. The summed E-state index contributed by atoms with van der Waals surface area (Å²) in [7, 11) is 1.76. The third kappa shape index (κ3) is 6.91. The van der Waals surface area contributed by atoms with Crippen molar-refractivity contribution < 1.29 is 18.7 Å². The van der Waals surface area contributed by atoms with E-state index in [0.29, 0.717) is 13.2 Å². The molecule has 0 fully saturated rings. The second-order valence-electron chi connectivity index (χ2n) is 5.90. The molecule has 0 atom stereocenters.